The summed E-state index contributed by atoms with van der Waals surface area (Å²) in [6.07, 6.45) is 3.26. The fraction of sp³-hybridized carbons (Fsp3) is 0.562. The number of nitrogen functional groups attached to an aromatic ring is 1. The summed E-state index contributed by atoms with van der Waals surface area (Å²) in [6, 6.07) is -0.0507. The molecule has 0 spiro atoms. The Bertz CT molecular complexity index is 1010. The van der Waals surface area contributed by atoms with Gasteiger partial charge in [0.05, 0.1) is 11.4 Å². The van der Waals surface area contributed by atoms with Crippen LogP contribution in [0.1, 0.15) is 33.2 Å². The number of hydrogen-bond acceptors (Lipinski definition) is 7. The number of nitrogens with zero attached hydrogens (tertiary/aromatic N) is 4. The molecule has 27 heavy (non-hydrogen) atoms. The van der Waals surface area contributed by atoms with Crippen LogP contribution in [0.2, 0.25) is 0 Å². The van der Waals surface area contributed by atoms with Gasteiger partial charge in [-0.2, -0.15) is 4.98 Å². The van der Waals surface area contributed by atoms with Crippen LogP contribution in [-0.4, -0.2) is 58.9 Å². The van der Waals surface area contributed by atoms with E-state index in [0.717, 1.165) is 9.83 Å². The van der Waals surface area contributed by atoms with Gasteiger partial charge in [-0.3, -0.25) is 0 Å². The molecule has 1 aliphatic heterocycles. The van der Waals surface area contributed by atoms with E-state index in [0.29, 0.717) is 30.5 Å². The van der Waals surface area contributed by atoms with E-state index >= 15 is 0 Å². The molecular formula is C16H22IN5O4S. The van der Waals surface area contributed by atoms with Gasteiger partial charge in [0, 0.05) is 29.1 Å². The summed E-state index contributed by atoms with van der Waals surface area (Å²) in [5.41, 5.74) is 5.90. The van der Waals surface area contributed by atoms with Gasteiger partial charge >= 0.3 is 6.09 Å². The predicted molar refractivity (Wildman–Crippen MR) is 109 cm³/mol. The number of aromatic nitrogens is 3. The largest absolute Gasteiger partial charge is 0.444 e. The zero-order valence-corrected chi connectivity index (χ0v) is 18.5. The normalized spacial score (nSPS) is 18.3. The van der Waals surface area contributed by atoms with Crippen molar-refractivity contribution in [2.24, 2.45) is 0 Å². The maximum atomic E-state index is 12.3. The first-order chi connectivity index (χ1) is 12.4. The smallest absolute Gasteiger partial charge is 0.410 e. The Kier molecular flexibility index (Phi) is 5.04. The van der Waals surface area contributed by atoms with Crippen LogP contribution in [0.4, 0.5) is 10.6 Å². The molecule has 11 heteroatoms. The molecule has 0 aromatic carbocycles. The third-order valence-electron chi connectivity index (χ3n) is 4.17. The second-order valence-electron chi connectivity index (χ2n) is 7.62. The zero-order chi connectivity index (χ0) is 20.1. The highest BCUT2D eigenvalue weighted by Gasteiger charge is 2.32. The van der Waals surface area contributed by atoms with E-state index in [2.05, 4.69) is 32.6 Å². The number of sulfone groups is 1. The SMILES string of the molecule is CC(C)(C)OC(=O)N1CCC(n2cc(I)c3c(N)nc(S(C)(=O)=O)nc32)C1. The van der Waals surface area contributed by atoms with Crippen molar-refractivity contribution in [3.05, 3.63) is 9.77 Å². The predicted octanol–water partition coefficient (Wildman–Crippen LogP) is 2.20. The lowest BCUT2D eigenvalue weighted by atomic mass is 10.2. The zero-order valence-electron chi connectivity index (χ0n) is 15.6. The Labute approximate surface area is 171 Å². The van der Waals surface area contributed by atoms with Gasteiger partial charge in [0.25, 0.3) is 5.16 Å². The Hall–Kier alpha value is -1.63. The van der Waals surface area contributed by atoms with Gasteiger partial charge < -0.3 is 19.9 Å². The van der Waals surface area contributed by atoms with E-state index in [-0.39, 0.29) is 23.1 Å². The standard InChI is InChI=1S/C16H22IN5O4S/c1-16(2,3)26-15(23)21-6-5-9(7-21)22-8-10(17)11-12(18)19-14(20-13(11)22)27(4,24)25/h8-9H,5-7H2,1-4H3,(H2,18,19,20). The van der Waals surface area contributed by atoms with E-state index in [4.69, 9.17) is 10.5 Å². The van der Waals surface area contributed by atoms with Crippen molar-refractivity contribution in [2.75, 3.05) is 25.1 Å². The topological polar surface area (TPSA) is 120 Å². The van der Waals surface area contributed by atoms with Crippen molar-refractivity contribution in [3.63, 3.8) is 0 Å². The average molecular weight is 507 g/mol. The van der Waals surface area contributed by atoms with Crippen molar-refractivity contribution in [1.82, 2.24) is 19.4 Å². The minimum Gasteiger partial charge on any atom is -0.444 e. The van der Waals surface area contributed by atoms with Crippen molar-refractivity contribution in [2.45, 2.75) is 44.0 Å². The lowest BCUT2D eigenvalue weighted by Gasteiger charge is -2.24. The Morgan fingerprint density at radius 2 is 2.04 bits per heavy atom. The molecule has 2 aromatic heterocycles. The Morgan fingerprint density at radius 1 is 1.37 bits per heavy atom. The van der Waals surface area contributed by atoms with Crippen LogP contribution in [0.5, 0.6) is 0 Å². The summed E-state index contributed by atoms with van der Waals surface area (Å²) in [5, 5.41) is 0.323. The van der Waals surface area contributed by atoms with Crippen LogP contribution < -0.4 is 5.73 Å². The number of rotatable bonds is 2. The molecule has 1 unspecified atom stereocenters. The van der Waals surface area contributed by atoms with Crippen LogP contribution in [-0.2, 0) is 14.6 Å². The maximum absolute atomic E-state index is 12.3. The van der Waals surface area contributed by atoms with Gasteiger partial charge in [0.1, 0.15) is 17.1 Å². The molecule has 148 valence electrons. The van der Waals surface area contributed by atoms with E-state index in [1.165, 1.54) is 0 Å². The minimum absolute atomic E-state index is 0.0507. The number of carbonyl (C=O) groups is 1. The summed E-state index contributed by atoms with van der Waals surface area (Å²) < 4.78 is 31.9. The van der Waals surface area contributed by atoms with Crippen LogP contribution in [0.15, 0.2) is 11.4 Å². The van der Waals surface area contributed by atoms with Gasteiger partial charge in [0.2, 0.25) is 9.84 Å². The first-order valence-corrected chi connectivity index (χ1v) is 11.4. The first kappa shape index (κ1) is 20.1. The summed E-state index contributed by atoms with van der Waals surface area (Å²) in [4.78, 5) is 22.1. The molecule has 1 fully saturated rings. The average Bonchev–Trinajstić information content (AvgIpc) is 3.09. The monoisotopic (exact) mass is 507 g/mol. The molecular weight excluding hydrogens is 485 g/mol. The Balaban J connectivity index is 1.96. The number of likely N-dealkylation sites (tertiary alicyclic amines) is 1. The molecule has 0 radical (unpaired) electrons. The van der Waals surface area contributed by atoms with Crippen molar-refractivity contribution in [3.8, 4) is 0 Å². The highest BCUT2D eigenvalue weighted by Crippen LogP contribution is 2.32. The third-order valence-corrected chi connectivity index (χ3v) is 5.84. The summed E-state index contributed by atoms with van der Waals surface area (Å²) >= 11 is 2.12. The van der Waals surface area contributed by atoms with E-state index < -0.39 is 15.4 Å². The van der Waals surface area contributed by atoms with Crippen molar-refractivity contribution in [1.29, 1.82) is 0 Å². The first-order valence-electron chi connectivity index (χ1n) is 8.38. The van der Waals surface area contributed by atoms with Crippen molar-refractivity contribution < 1.29 is 17.9 Å². The second kappa shape index (κ2) is 6.76. The lowest BCUT2D eigenvalue weighted by Crippen LogP contribution is -2.35. The van der Waals surface area contributed by atoms with Gasteiger partial charge in [-0.1, -0.05) is 0 Å². The summed E-state index contributed by atoms with van der Waals surface area (Å²) in [6.45, 7) is 6.48. The molecule has 2 N–H and O–H groups in total. The molecule has 1 saturated heterocycles. The number of carbonyl (C=O) groups excluding carboxylic acids is 1. The molecule has 2 aromatic rings. The number of amides is 1. The molecule has 0 bridgehead atoms. The summed E-state index contributed by atoms with van der Waals surface area (Å²) in [7, 11) is -3.59. The molecule has 0 aliphatic carbocycles. The lowest BCUT2D eigenvalue weighted by molar-refractivity contribution is 0.0289. The maximum Gasteiger partial charge on any atom is 0.410 e. The molecule has 3 rings (SSSR count). The molecule has 1 amide bonds. The highest BCUT2D eigenvalue weighted by atomic mass is 127. The Morgan fingerprint density at radius 3 is 2.63 bits per heavy atom. The third kappa shape index (κ3) is 4.13. The summed E-state index contributed by atoms with van der Waals surface area (Å²) in [5.74, 6) is 0.130. The fourth-order valence-electron chi connectivity index (χ4n) is 3.01. The van der Waals surface area contributed by atoms with Gasteiger partial charge in [0.15, 0.2) is 0 Å². The van der Waals surface area contributed by atoms with E-state index in [9.17, 15) is 13.2 Å². The number of anilines is 1. The van der Waals surface area contributed by atoms with Crippen LogP contribution >= 0.6 is 22.6 Å². The fourth-order valence-corrected chi connectivity index (χ4v) is 4.35. The van der Waals surface area contributed by atoms with Gasteiger partial charge in [-0.05, 0) is 49.8 Å². The molecule has 9 nitrogen and oxygen atoms in total. The van der Waals surface area contributed by atoms with Crippen LogP contribution in [0.3, 0.4) is 0 Å². The number of nitrogens with two attached hydrogens (primary N) is 1. The van der Waals surface area contributed by atoms with Gasteiger partial charge in [-0.25, -0.2) is 18.2 Å². The van der Waals surface area contributed by atoms with E-state index in [1.807, 2.05) is 31.5 Å². The second-order valence-corrected chi connectivity index (χ2v) is 10.7. The molecule has 1 aliphatic rings. The number of halogens is 1. The number of fused-ring (bicyclic) bond motifs is 1. The van der Waals surface area contributed by atoms with Crippen LogP contribution in [0.25, 0.3) is 11.0 Å². The molecule has 3 heterocycles. The van der Waals surface area contributed by atoms with Gasteiger partial charge in [-0.15, -0.1) is 0 Å². The molecule has 0 saturated carbocycles. The number of ether oxygens (including phenoxy) is 1. The quantitative estimate of drug-likeness (QED) is 0.489. The van der Waals surface area contributed by atoms with Crippen LogP contribution in [0, 0.1) is 3.57 Å². The minimum atomic E-state index is -3.59. The number of hydrogen-bond donors (Lipinski definition) is 1. The van der Waals surface area contributed by atoms with Crippen molar-refractivity contribution >= 4 is 55.4 Å². The molecule has 1 atom stereocenters. The van der Waals surface area contributed by atoms with E-state index in [1.54, 1.807) is 4.90 Å². The highest BCUT2D eigenvalue weighted by molar-refractivity contribution is 14.1.